The molecule has 9 N–H and O–H groups in total. The molecule has 2 aromatic rings. The van der Waals surface area contributed by atoms with E-state index in [1.807, 2.05) is 0 Å². The van der Waals surface area contributed by atoms with E-state index in [2.05, 4.69) is 15.3 Å². The molecule has 7 unspecified atom stereocenters. The number of carbonyl (C=O) groups is 3. The van der Waals surface area contributed by atoms with Crippen LogP contribution >= 0.6 is 0 Å². The molecule has 1 aliphatic heterocycles. The standard InChI is InChI=1S/C19H23N5O10/c20-9(3-11(27)10-2-1-8(26)4-21-10)16(30)23-12(18(31)32)15-13(28)14(29)17(34-15)24-5-7(6-25)22-19(24)33/h1-2,4-6,9,11-15,17,26-29H,3,20H2,(H,22,33)(H,23,30)(H,31,32). The van der Waals surface area contributed by atoms with Gasteiger partial charge < -0.3 is 46.3 Å². The number of aromatic hydroxyl groups is 1. The predicted molar refractivity (Wildman–Crippen MR) is 109 cm³/mol. The van der Waals surface area contributed by atoms with Gasteiger partial charge in [-0.2, -0.15) is 0 Å². The fourth-order valence-electron chi connectivity index (χ4n) is 3.48. The van der Waals surface area contributed by atoms with Crippen LogP contribution in [-0.2, 0) is 14.3 Å². The van der Waals surface area contributed by atoms with Crippen LogP contribution in [0.1, 0.15) is 34.9 Å². The first-order valence-corrected chi connectivity index (χ1v) is 9.93. The van der Waals surface area contributed by atoms with Gasteiger partial charge in [0.05, 0.1) is 29.7 Å². The van der Waals surface area contributed by atoms with Crippen molar-refractivity contribution in [2.75, 3.05) is 0 Å². The SMILES string of the molecule is NC(CC(O)c1ccc(O)cn1)C(=O)NC(C(=O)O)C1OC(n2cc(C=O)[nH]c2=O)C(O)C1O. The minimum atomic E-state index is -1.89. The molecule has 3 rings (SSSR count). The highest BCUT2D eigenvalue weighted by Gasteiger charge is 2.50. The van der Waals surface area contributed by atoms with Gasteiger partial charge in [0, 0.05) is 12.6 Å². The molecule has 1 amide bonds. The van der Waals surface area contributed by atoms with E-state index in [0.717, 1.165) is 17.0 Å². The van der Waals surface area contributed by atoms with E-state index >= 15 is 0 Å². The number of hydrogen-bond donors (Lipinski definition) is 8. The lowest BCUT2D eigenvalue weighted by molar-refractivity contribution is -0.149. The lowest BCUT2D eigenvalue weighted by atomic mass is 10.0. The first kappa shape index (κ1) is 25.0. The first-order valence-electron chi connectivity index (χ1n) is 9.93. The van der Waals surface area contributed by atoms with Crippen molar-refractivity contribution in [3.63, 3.8) is 0 Å². The smallest absolute Gasteiger partial charge is 0.329 e. The van der Waals surface area contributed by atoms with E-state index in [1.165, 1.54) is 12.1 Å². The number of pyridine rings is 1. The number of aldehydes is 1. The molecular formula is C19H23N5O10. The Bertz CT molecular complexity index is 1100. The molecule has 1 fully saturated rings. The highest BCUT2D eigenvalue weighted by Crippen LogP contribution is 2.30. The summed E-state index contributed by atoms with van der Waals surface area (Å²) in [5.41, 5.74) is 4.89. The molecule has 0 aliphatic carbocycles. The van der Waals surface area contributed by atoms with Crippen molar-refractivity contribution >= 4 is 18.2 Å². The number of aliphatic hydroxyl groups is 3. The van der Waals surface area contributed by atoms with Gasteiger partial charge in [0.25, 0.3) is 0 Å². The van der Waals surface area contributed by atoms with Crippen LogP contribution in [-0.4, -0.2) is 88.6 Å². The fraction of sp³-hybridized carbons (Fsp3) is 0.421. The van der Waals surface area contributed by atoms with E-state index < -0.39 is 60.3 Å². The maximum atomic E-state index is 12.5. The highest BCUT2D eigenvalue weighted by atomic mass is 16.6. The Morgan fingerprint density at radius 1 is 1.32 bits per heavy atom. The molecular weight excluding hydrogens is 458 g/mol. The number of carbonyl (C=O) groups excluding carboxylic acids is 2. The van der Waals surface area contributed by atoms with E-state index in [-0.39, 0.29) is 23.6 Å². The molecule has 1 aliphatic rings. The van der Waals surface area contributed by atoms with Crippen LogP contribution in [0, 0.1) is 0 Å². The summed E-state index contributed by atoms with van der Waals surface area (Å²) in [5.74, 6) is -2.78. The van der Waals surface area contributed by atoms with Crippen LogP contribution in [0.25, 0.3) is 0 Å². The van der Waals surface area contributed by atoms with Gasteiger partial charge in [0.15, 0.2) is 18.6 Å². The maximum absolute atomic E-state index is 12.5. The number of amides is 1. The molecule has 15 heteroatoms. The number of aromatic amines is 1. The number of nitrogens with zero attached hydrogens (tertiary/aromatic N) is 2. The Balaban J connectivity index is 1.71. The summed E-state index contributed by atoms with van der Waals surface area (Å²) >= 11 is 0. The zero-order chi connectivity index (χ0) is 25.2. The second kappa shape index (κ2) is 10.1. The number of imidazole rings is 1. The number of carboxylic acid groups (broad SMARTS) is 1. The van der Waals surface area contributed by atoms with Crippen LogP contribution in [0.15, 0.2) is 29.3 Å². The molecule has 0 radical (unpaired) electrons. The Morgan fingerprint density at radius 3 is 2.59 bits per heavy atom. The molecule has 0 aromatic carbocycles. The van der Waals surface area contributed by atoms with Gasteiger partial charge >= 0.3 is 11.7 Å². The Kier molecular flexibility index (Phi) is 7.43. The molecule has 3 heterocycles. The minimum absolute atomic E-state index is 0.114. The molecule has 0 saturated carbocycles. The summed E-state index contributed by atoms with van der Waals surface area (Å²) in [5, 5.41) is 51.8. The van der Waals surface area contributed by atoms with Crippen molar-refractivity contribution in [2.45, 2.75) is 49.1 Å². The number of aliphatic carboxylic acids is 1. The number of aliphatic hydroxyl groups excluding tert-OH is 3. The maximum Gasteiger partial charge on any atom is 0.329 e. The number of ether oxygens (including phenoxy) is 1. The minimum Gasteiger partial charge on any atom is -0.506 e. The fourth-order valence-corrected chi connectivity index (χ4v) is 3.48. The van der Waals surface area contributed by atoms with Crippen molar-refractivity contribution in [1.82, 2.24) is 19.9 Å². The van der Waals surface area contributed by atoms with Gasteiger partial charge in [0.1, 0.15) is 24.1 Å². The third-order valence-electron chi connectivity index (χ3n) is 5.26. The van der Waals surface area contributed by atoms with Crippen LogP contribution in [0.3, 0.4) is 0 Å². The average Bonchev–Trinajstić information content (AvgIpc) is 3.31. The number of rotatable bonds is 9. The number of aromatic nitrogens is 3. The van der Waals surface area contributed by atoms with Crippen LogP contribution < -0.4 is 16.7 Å². The second-order valence-electron chi connectivity index (χ2n) is 7.64. The first-order chi connectivity index (χ1) is 16.0. The monoisotopic (exact) mass is 481 g/mol. The molecule has 184 valence electrons. The molecule has 34 heavy (non-hydrogen) atoms. The number of nitrogens with one attached hydrogen (secondary N) is 2. The van der Waals surface area contributed by atoms with Crippen molar-refractivity contribution in [2.24, 2.45) is 5.73 Å². The zero-order valence-corrected chi connectivity index (χ0v) is 17.4. The van der Waals surface area contributed by atoms with Gasteiger partial charge in [-0.25, -0.2) is 9.59 Å². The summed E-state index contributed by atoms with van der Waals surface area (Å²) in [6.07, 6.45) is -6.09. The van der Waals surface area contributed by atoms with Crippen molar-refractivity contribution in [3.8, 4) is 5.75 Å². The van der Waals surface area contributed by atoms with Crippen molar-refractivity contribution in [1.29, 1.82) is 0 Å². The second-order valence-corrected chi connectivity index (χ2v) is 7.64. The summed E-state index contributed by atoms with van der Waals surface area (Å²) < 4.78 is 6.15. The van der Waals surface area contributed by atoms with Crippen LogP contribution in [0.4, 0.5) is 0 Å². The van der Waals surface area contributed by atoms with Gasteiger partial charge in [-0.1, -0.05) is 0 Å². The number of nitrogens with two attached hydrogens (primary N) is 1. The number of H-pyrrole nitrogens is 1. The largest absolute Gasteiger partial charge is 0.506 e. The third-order valence-corrected chi connectivity index (χ3v) is 5.26. The topological polar surface area (TPSA) is 250 Å². The van der Waals surface area contributed by atoms with Crippen LogP contribution in [0.5, 0.6) is 5.75 Å². The predicted octanol–water partition coefficient (Wildman–Crippen LogP) is -3.27. The van der Waals surface area contributed by atoms with Gasteiger partial charge in [-0.15, -0.1) is 0 Å². The van der Waals surface area contributed by atoms with E-state index in [4.69, 9.17) is 10.5 Å². The normalized spacial score (nSPS) is 24.8. The lowest BCUT2D eigenvalue weighted by Gasteiger charge is -2.25. The van der Waals surface area contributed by atoms with E-state index in [1.54, 1.807) is 0 Å². The van der Waals surface area contributed by atoms with E-state index in [0.29, 0.717) is 6.29 Å². The Morgan fingerprint density at radius 2 is 2.03 bits per heavy atom. The highest BCUT2D eigenvalue weighted by molar-refractivity contribution is 5.87. The third kappa shape index (κ3) is 5.13. The zero-order valence-electron chi connectivity index (χ0n) is 17.4. The van der Waals surface area contributed by atoms with Gasteiger partial charge in [0.2, 0.25) is 5.91 Å². The molecule has 7 atom stereocenters. The summed E-state index contributed by atoms with van der Waals surface area (Å²) in [6.45, 7) is 0. The average molecular weight is 481 g/mol. The van der Waals surface area contributed by atoms with Crippen molar-refractivity contribution in [3.05, 3.63) is 46.4 Å². The van der Waals surface area contributed by atoms with Gasteiger partial charge in [-0.05, 0) is 12.1 Å². The summed E-state index contributed by atoms with van der Waals surface area (Å²) in [6, 6.07) is -0.716. The molecule has 15 nitrogen and oxygen atoms in total. The molecule has 0 bridgehead atoms. The molecule has 0 spiro atoms. The lowest BCUT2D eigenvalue weighted by Crippen LogP contribution is -2.56. The Labute approximate surface area is 190 Å². The van der Waals surface area contributed by atoms with E-state index in [9.17, 15) is 44.7 Å². The molecule has 1 saturated heterocycles. The van der Waals surface area contributed by atoms with Crippen LogP contribution in [0.2, 0.25) is 0 Å². The summed E-state index contributed by atoms with van der Waals surface area (Å²) in [7, 11) is 0. The number of carboxylic acids is 1. The Hall–Kier alpha value is -3.63. The quantitative estimate of drug-likeness (QED) is 0.164. The number of hydrogen-bond acceptors (Lipinski definition) is 11. The molecule has 2 aromatic heterocycles. The van der Waals surface area contributed by atoms with Gasteiger partial charge in [-0.3, -0.25) is 19.1 Å². The summed E-state index contributed by atoms with van der Waals surface area (Å²) in [4.78, 5) is 53.1. The van der Waals surface area contributed by atoms with Crippen molar-refractivity contribution < 1.29 is 44.7 Å².